The second-order valence-electron chi connectivity index (χ2n) is 9.48. The first-order valence-corrected chi connectivity index (χ1v) is 13.5. The van der Waals surface area contributed by atoms with Crippen LogP contribution >= 0.6 is 0 Å². The molecule has 198 valence electrons. The van der Waals surface area contributed by atoms with Crippen molar-refractivity contribution in [1.29, 1.82) is 0 Å². The van der Waals surface area contributed by atoms with Crippen molar-refractivity contribution in [3.63, 3.8) is 0 Å². The van der Waals surface area contributed by atoms with Crippen molar-refractivity contribution < 1.29 is 27.5 Å². The van der Waals surface area contributed by atoms with Crippen LogP contribution in [0.3, 0.4) is 0 Å². The predicted molar refractivity (Wildman–Crippen MR) is 141 cm³/mol. The molecular weight excluding hydrogens is 482 g/mol. The van der Waals surface area contributed by atoms with Crippen LogP contribution in [0.2, 0.25) is 0 Å². The van der Waals surface area contributed by atoms with E-state index in [1.54, 1.807) is 12.1 Å². The Morgan fingerprint density at radius 2 is 1.67 bits per heavy atom. The Morgan fingerprint density at radius 1 is 1.03 bits per heavy atom. The SMILES string of the molecule is CC[C@@H](C(=O)NC(C)(C)C)N(Cc1ccccc1)C(=O)CN(c1ccc(OC)cc1OC)S(C)(=O)=O. The zero-order valence-electron chi connectivity index (χ0n) is 22.1. The average molecular weight is 520 g/mol. The van der Waals surface area contributed by atoms with Gasteiger partial charge in [0, 0.05) is 18.2 Å². The van der Waals surface area contributed by atoms with Gasteiger partial charge in [0.1, 0.15) is 24.1 Å². The number of rotatable bonds is 11. The summed E-state index contributed by atoms with van der Waals surface area (Å²) in [5.41, 5.74) is 0.517. The van der Waals surface area contributed by atoms with Crippen LogP contribution in [0.4, 0.5) is 5.69 Å². The molecule has 0 saturated carbocycles. The Balaban J connectivity index is 2.50. The zero-order valence-corrected chi connectivity index (χ0v) is 22.9. The van der Waals surface area contributed by atoms with E-state index in [4.69, 9.17) is 9.47 Å². The van der Waals surface area contributed by atoms with Crippen molar-refractivity contribution in [3.8, 4) is 11.5 Å². The largest absolute Gasteiger partial charge is 0.497 e. The van der Waals surface area contributed by atoms with Crippen LogP contribution in [0, 0.1) is 0 Å². The molecule has 0 bridgehead atoms. The fourth-order valence-electron chi connectivity index (χ4n) is 3.74. The van der Waals surface area contributed by atoms with Crippen LogP contribution in [0.15, 0.2) is 48.5 Å². The molecule has 9 nitrogen and oxygen atoms in total. The molecule has 36 heavy (non-hydrogen) atoms. The fraction of sp³-hybridized carbons (Fsp3) is 0.462. The molecule has 0 aromatic heterocycles. The van der Waals surface area contributed by atoms with Crippen LogP contribution in [0.5, 0.6) is 11.5 Å². The van der Waals surface area contributed by atoms with Gasteiger partial charge >= 0.3 is 0 Å². The highest BCUT2D eigenvalue weighted by atomic mass is 32.2. The van der Waals surface area contributed by atoms with Crippen LogP contribution in [0.25, 0.3) is 0 Å². The van der Waals surface area contributed by atoms with E-state index in [2.05, 4.69) is 5.32 Å². The number of sulfonamides is 1. The number of nitrogens with one attached hydrogen (secondary N) is 1. The monoisotopic (exact) mass is 519 g/mol. The van der Waals surface area contributed by atoms with Gasteiger partial charge in [0.2, 0.25) is 21.8 Å². The van der Waals surface area contributed by atoms with Crippen LogP contribution in [-0.2, 0) is 26.2 Å². The number of methoxy groups -OCH3 is 2. The number of carbonyl (C=O) groups is 2. The number of hydrogen-bond acceptors (Lipinski definition) is 6. The summed E-state index contributed by atoms with van der Waals surface area (Å²) in [5.74, 6) is -0.106. The maximum atomic E-state index is 13.7. The van der Waals surface area contributed by atoms with Crippen molar-refractivity contribution in [2.24, 2.45) is 0 Å². The Bertz CT molecular complexity index is 1150. The molecule has 2 aromatic carbocycles. The molecule has 0 spiro atoms. The number of carbonyl (C=O) groups excluding carboxylic acids is 2. The van der Waals surface area contributed by atoms with Gasteiger partial charge in [-0.15, -0.1) is 0 Å². The zero-order chi connectivity index (χ0) is 27.1. The van der Waals surface area contributed by atoms with Gasteiger partial charge in [-0.3, -0.25) is 13.9 Å². The molecule has 1 N–H and O–H groups in total. The molecule has 0 unspecified atom stereocenters. The van der Waals surface area contributed by atoms with Gasteiger partial charge in [0.25, 0.3) is 0 Å². The molecule has 1 atom stereocenters. The van der Waals surface area contributed by atoms with Crippen LogP contribution in [-0.4, -0.2) is 63.7 Å². The summed E-state index contributed by atoms with van der Waals surface area (Å²) in [6, 6.07) is 13.1. The average Bonchev–Trinajstić information content (AvgIpc) is 2.80. The molecule has 0 saturated heterocycles. The van der Waals surface area contributed by atoms with Crippen LogP contribution in [0.1, 0.15) is 39.7 Å². The molecule has 2 amide bonds. The van der Waals surface area contributed by atoms with E-state index < -0.39 is 34.1 Å². The topological polar surface area (TPSA) is 105 Å². The molecule has 10 heteroatoms. The lowest BCUT2D eigenvalue weighted by Crippen LogP contribution is -2.55. The summed E-state index contributed by atoms with van der Waals surface area (Å²) in [6.07, 6.45) is 1.38. The fourth-order valence-corrected chi connectivity index (χ4v) is 4.59. The number of benzene rings is 2. The predicted octanol–water partition coefficient (Wildman–Crippen LogP) is 3.19. The molecule has 2 rings (SSSR count). The standard InChI is InChI=1S/C26H37N3O6S/c1-8-21(25(31)27-26(2,3)4)28(17-19-12-10-9-11-13-19)24(30)18-29(36(7,32)33)22-15-14-20(34-5)16-23(22)35-6/h9-16,21H,8,17-18H2,1-7H3,(H,27,31)/t21-/m0/s1. The minimum atomic E-state index is -3.89. The quantitative estimate of drug-likeness (QED) is 0.489. The van der Waals surface area contributed by atoms with E-state index >= 15 is 0 Å². The lowest BCUT2D eigenvalue weighted by Gasteiger charge is -2.34. The van der Waals surface area contributed by atoms with Crippen molar-refractivity contribution >= 4 is 27.5 Å². The van der Waals surface area contributed by atoms with Gasteiger partial charge in [-0.05, 0) is 44.9 Å². The summed E-state index contributed by atoms with van der Waals surface area (Å²) >= 11 is 0. The summed E-state index contributed by atoms with van der Waals surface area (Å²) in [4.78, 5) is 28.4. The van der Waals surface area contributed by atoms with Crippen molar-refractivity contribution in [3.05, 3.63) is 54.1 Å². The number of hydrogen-bond donors (Lipinski definition) is 1. The van der Waals surface area contributed by atoms with E-state index in [0.717, 1.165) is 16.1 Å². The maximum Gasteiger partial charge on any atom is 0.244 e. The molecule has 2 aromatic rings. The highest BCUT2D eigenvalue weighted by Gasteiger charge is 2.33. The summed E-state index contributed by atoms with van der Waals surface area (Å²) in [5, 5.41) is 2.94. The van der Waals surface area contributed by atoms with Gasteiger partial charge in [0.05, 0.1) is 26.2 Å². The molecule has 0 aliphatic carbocycles. The second-order valence-corrected chi connectivity index (χ2v) is 11.4. The summed E-state index contributed by atoms with van der Waals surface area (Å²) in [6.45, 7) is 7.05. The normalized spacial score (nSPS) is 12.4. The Kier molecular flexibility index (Phi) is 9.75. The van der Waals surface area contributed by atoms with Gasteiger partial charge in [0.15, 0.2) is 0 Å². The highest BCUT2D eigenvalue weighted by molar-refractivity contribution is 7.92. The number of anilines is 1. The minimum absolute atomic E-state index is 0.146. The van der Waals surface area contributed by atoms with Gasteiger partial charge in [-0.2, -0.15) is 0 Å². The number of amides is 2. The van der Waals surface area contributed by atoms with Gasteiger partial charge in [-0.25, -0.2) is 8.42 Å². The Morgan fingerprint density at radius 3 is 2.17 bits per heavy atom. The first-order valence-electron chi connectivity index (χ1n) is 11.7. The molecule has 0 fully saturated rings. The first kappa shape index (κ1) is 29.0. The summed E-state index contributed by atoms with van der Waals surface area (Å²) < 4.78 is 37.2. The third-order valence-electron chi connectivity index (χ3n) is 5.41. The number of nitrogens with zero attached hydrogens (tertiary/aromatic N) is 2. The summed E-state index contributed by atoms with van der Waals surface area (Å²) in [7, 11) is -0.992. The van der Waals surface area contributed by atoms with E-state index in [1.165, 1.54) is 25.2 Å². The maximum absolute atomic E-state index is 13.7. The molecule has 0 radical (unpaired) electrons. The Labute approximate surface area is 214 Å². The molecular formula is C26H37N3O6S. The molecule has 0 aliphatic heterocycles. The third-order valence-corrected chi connectivity index (χ3v) is 6.54. The Hall–Kier alpha value is -3.27. The van der Waals surface area contributed by atoms with E-state index in [0.29, 0.717) is 12.2 Å². The third kappa shape index (κ3) is 7.87. The number of ether oxygens (including phenoxy) is 2. The molecule has 0 heterocycles. The minimum Gasteiger partial charge on any atom is -0.497 e. The van der Waals surface area contributed by atoms with Crippen molar-refractivity contribution in [2.45, 2.75) is 52.2 Å². The lowest BCUT2D eigenvalue weighted by molar-refractivity contribution is -0.141. The lowest BCUT2D eigenvalue weighted by atomic mass is 10.1. The first-order chi connectivity index (χ1) is 16.8. The van der Waals surface area contributed by atoms with E-state index in [-0.39, 0.29) is 23.9 Å². The highest BCUT2D eigenvalue weighted by Crippen LogP contribution is 2.33. The van der Waals surface area contributed by atoms with Crippen LogP contribution < -0.4 is 19.1 Å². The van der Waals surface area contributed by atoms with Gasteiger partial charge in [-0.1, -0.05) is 37.3 Å². The van der Waals surface area contributed by atoms with Crippen molar-refractivity contribution in [2.75, 3.05) is 31.3 Å². The molecule has 0 aliphatic rings. The van der Waals surface area contributed by atoms with E-state index in [1.807, 2.05) is 58.0 Å². The van der Waals surface area contributed by atoms with Gasteiger partial charge < -0.3 is 19.7 Å². The van der Waals surface area contributed by atoms with E-state index in [9.17, 15) is 18.0 Å². The second kappa shape index (κ2) is 12.1. The smallest absolute Gasteiger partial charge is 0.244 e. The van der Waals surface area contributed by atoms with Crippen molar-refractivity contribution in [1.82, 2.24) is 10.2 Å².